The lowest BCUT2D eigenvalue weighted by Gasteiger charge is -2.28. The number of nitrogens with zero attached hydrogens (tertiary/aromatic N) is 2. The van der Waals surface area contributed by atoms with Gasteiger partial charge in [-0.15, -0.1) is 0 Å². The Balaban J connectivity index is 1.58. The van der Waals surface area contributed by atoms with Crippen LogP contribution in [0.4, 0.5) is 10.1 Å². The summed E-state index contributed by atoms with van der Waals surface area (Å²) in [7, 11) is 0. The van der Waals surface area contributed by atoms with E-state index in [4.69, 9.17) is 4.74 Å². The molecular formula is C31H29FN2O4. The number of halogens is 1. The van der Waals surface area contributed by atoms with Gasteiger partial charge in [0.1, 0.15) is 18.2 Å². The van der Waals surface area contributed by atoms with Crippen molar-refractivity contribution in [2.45, 2.75) is 39.7 Å². The van der Waals surface area contributed by atoms with E-state index in [-0.39, 0.29) is 23.9 Å². The second-order valence-electron chi connectivity index (χ2n) is 9.66. The number of carboxylic acids is 1. The molecule has 194 valence electrons. The Kier molecular flexibility index (Phi) is 7.01. The van der Waals surface area contributed by atoms with E-state index in [1.165, 1.54) is 12.1 Å². The minimum Gasteiger partial charge on any atom is -0.488 e. The molecule has 1 aromatic heterocycles. The van der Waals surface area contributed by atoms with Crippen molar-refractivity contribution in [2.75, 3.05) is 11.4 Å². The van der Waals surface area contributed by atoms with Gasteiger partial charge in [-0.1, -0.05) is 23.8 Å². The van der Waals surface area contributed by atoms with Crippen LogP contribution in [0.25, 0.3) is 16.9 Å². The van der Waals surface area contributed by atoms with Crippen molar-refractivity contribution in [3.8, 4) is 22.7 Å². The summed E-state index contributed by atoms with van der Waals surface area (Å²) in [5, 5.41) is 9.87. The fraction of sp³-hybridized carbons (Fsp3) is 0.226. The van der Waals surface area contributed by atoms with Crippen molar-refractivity contribution in [1.29, 1.82) is 0 Å². The van der Waals surface area contributed by atoms with Crippen LogP contribution in [0.3, 0.4) is 0 Å². The summed E-state index contributed by atoms with van der Waals surface area (Å²) in [5.41, 5.74) is 5.82. The standard InChI is InChI=1S/C31H29FN2O4/c1-20-6-13-29(38-19-22-8-10-24(32)11-9-22)27(15-20)28-12-7-21(2)34(28)26-17-23(31(36)37)16-25(18-26)33-14-4-3-5-30(33)35/h6-13,15-18H,3-5,14,19H2,1-2H3,(H,36,37). The Bertz CT molecular complexity index is 1510. The van der Waals surface area contributed by atoms with Gasteiger partial charge in [-0.3, -0.25) is 4.79 Å². The number of ether oxygens (including phenoxy) is 1. The molecule has 1 N–H and O–H groups in total. The average molecular weight is 513 g/mol. The van der Waals surface area contributed by atoms with Gasteiger partial charge in [0, 0.05) is 35.6 Å². The van der Waals surface area contributed by atoms with Crippen LogP contribution in [-0.4, -0.2) is 28.1 Å². The van der Waals surface area contributed by atoms with E-state index in [2.05, 4.69) is 0 Å². The second-order valence-corrected chi connectivity index (χ2v) is 9.66. The highest BCUT2D eigenvalue weighted by Gasteiger charge is 2.23. The average Bonchev–Trinajstić information content (AvgIpc) is 3.30. The third-order valence-corrected chi connectivity index (χ3v) is 6.84. The molecular weight excluding hydrogens is 483 g/mol. The monoisotopic (exact) mass is 512 g/mol. The Morgan fingerprint density at radius 3 is 2.45 bits per heavy atom. The molecule has 0 aliphatic carbocycles. The van der Waals surface area contributed by atoms with Crippen LogP contribution in [-0.2, 0) is 11.4 Å². The van der Waals surface area contributed by atoms with Gasteiger partial charge in [0.15, 0.2) is 0 Å². The number of piperidine rings is 1. The van der Waals surface area contributed by atoms with Gasteiger partial charge in [0.25, 0.3) is 0 Å². The number of amides is 1. The van der Waals surface area contributed by atoms with E-state index in [1.807, 2.05) is 54.8 Å². The van der Waals surface area contributed by atoms with E-state index >= 15 is 0 Å². The van der Waals surface area contributed by atoms with Crippen molar-refractivity contribution in [2.24, 2.45) is 0 Å². The number of carbonyl (C=O) groups excluding carboxylic acids is 1. The van der Waals surface area contributed by atoms with Crippen LogP contribution in [0.2, 0.25) is 0 Å². The normalized spacial score (nSPS) is 13.6. The van der Waals surface area contributed by atoms with Gasteiger partial charge in [-0.25, -0.2) is 9.18 Å². The summed E-state index contributed by atoms with van der Waals surface area (Å²) >= 11 is 0. The molecule has 1 fully saturated rings. The Morgan fingerprint density at radius 2 is 1.71 bits per heavy atom. The molecule has 2 heterocycles. The Morgan fingerprint density at radius 1 is 0.947 bits per heavy atom. The zero-order valence-corrected chi connectivity index (χ0v) is 21.4. The van der Waals surface area contributed by atoms with Gasteiger partial charge in [-0.2, -0.15) is 0 Å². The quantitative estimate of drug-likeness (QED) is 0.299. The molecule has 38 heavy (non-hydrogen) atoms. The van der Waals surface area contributed by atoms with Crippen LogP contribution in [0.15, 0.2) is 72.8 Å². The topological polar surface area (TPSA) is 71.8 Å². The van der Waals surface area contributed by atoms with Gasteiger partial charge in [0.2, 0.25) is 5.91 Å². The van der Waals surface area contributed by atoms with Crippen molar-refractivity contribution in [3.63, 3.8) is 0 Å². The minimum absolute atomic E-state index is 0.00403. The van der Waals surface area contributed by atoms with E-state index in [1.54, 1.807) is 29.2 Å². The maximum absolute atomic E-state index is 13.3. The lowest BCUT2D eigenvalue weighted by Crippen LogP contribution is -2.35. The summed E-state index contributed by atoms with van der Waals surface area (Å²) in [6, 6.07) is 21.1. The third kappa shape index (κ3) is 5.18. The van der Waals surface area contributed by atoms with Crippen molar-refractivity contribution in [1.82, 2.24) is 4.57 Å². The second kappa shape index (κ2) is 10.5. The number of rotatable bonds is 7. The molecule has 3 aromatic carbocycles. The highest BCUT2D eigenvalue weighted by molar-refractivity contribution is 5.97. The van der Waals surface area contributed by atoms with Crippen LogP contribution in [0.1, 0.15) is 46.4 Å². The molecule has 0 saturated carbocycles. The van der Waals surface area contributed by atoms with E-state index in [9.17, 15) is 19.1 Å². The smallest absolute Gasteiger partial charge is 0.335 e. The maximum atomic E-state index is 13.3. The summed E-state index contributed by atoms with van der Waals surface area (Å²) in [5.74, 6) is -0.695. The molecule has 0 spiro atoms. The predicted octanol–water partition coefficient (Wildman–Crippen LogP) is 6.69. The zero-order valence-electron chi connectivity index (χ0n) is 21.4. The summed E-state index contributed by atoms with van der Waals surface area (Å²) in [6.07, 6.45) is 2.18. The molecule has 1 aliphatic heterocycles. The first-order valence-corrected chi connectivity index (χ1v) is 12.7. The van der Waals surface area contributed by atoms with E-state index in [0.717, 1.165) is 40.9 Å². The molecule has 7 heteroatoms. The van der Waals surface area contributed by atoms with Crippen LogP contribution in [0, 0.1) is 19.7 Å². The lowest BCUT2D eigenvalue weighted by atomic mass is 10.1. The number of hydrogen-bond donors (Lipinski definition) is 1. The van der Waals surface area contributed by atoms with Crippen molar-refractivity contribution in [3.05, 3.63) is 101 Å². The number of benzene rings is 3. The molecule has 0 bridgehead atoms. The molecule has 4 aromatic rings. The molecule has 1 amide bonds. The SMILES string of the molecule is Cc1ccc(OCc2ccc(F)cc2)c(-c2ccc(C)n2-c2cc(C(=O)O)cc(N3CCCCC3=O)c2)c1. The molecule has 0 unspecified atom stereocenters. The summed E-state index contributed by atoms with van der Waals surface area (Å²) < 4.78 is 21.5. The Labute approximate surface area is 220 Å². The van der Waals surface area contributed by atoms with Crippen molar-refractivity contribution >= 4 is 17.6 Å². The van der Waals surface area contributed by atoms with Gasteiger partial charge < -0.3 is 19.3 Å². The van der Waals surface area contributed by atoms with E-state index < -0.39 is 5.97 Å². The first-order chi connectivity index (χ1) is 18.3. The number of anilines is 1. The third-order valence-electron chi connectivity index (χ3n) is 6.84. The highest BCUT2D eigenvalue weighted by Crippen LogP contribution is 2.36. The predicted molar refractivity (Wildman–Crippen MR) is 145 cm³/mol. The number of hydrogen-bond acceptors (Lipinski definition) is 3. The number of aryl methyl sites for hydroxylation is 2. The minimum atomic E-state index is -1.05. The largest absolute Gasteiger partial charge is 0.488 e. The van der Waals surface area contributed by atoms with Crippen LogP contribution >= 0.6 is 0 Å². The zero-order chi connectivity index (χ0) is 26.8. The lowest BCUT2D eigenvalue weighted by molar-refractivity contribution is -0.119. The molecule has 1 saturated heterocycles. The fourth-order valence-electron chi connectivity index (χ4n) is 4.89. The first kappa shape index (κ1) is 25.3. The van der Waals surface area contributed by atoms with Crippen LogP contribution in [0.5, 0.6) is 5.75 Å². The van der Waals surface area contributed by atoms with Gasteiger partial charge >= 0.3 is 5.97 Å². The van der Waals surface area contributed by atoms with E-state index in [0.29, 0.717) is 30.1 Å². The molecule has 0 radical (unpaired) electrons. The molecule has 6 nitrogen and oxygen atoms in total. The number of carboxylic acid groups (broad SMARTS) is 1. The molecule has 0 atom stereocenters. The Hall–Kier alpha value is -4.39. The molecule has 1 aliphatic rings. The first-order valence-electron chi connectivity index (χ1n) is 12.7. The van der Waals surface area contributed by atoms with Gasteiger partial charge in [0.05, 0.1) is 11.3 Å². The molecule has 5 rings (SSSR count). The number of carbonyl (C=O) groups is 2. The summed E-state index contributed by atoms with van der Waals surface area (Å²) in [4.78, 5) is 26.4. The number of aromatic carboxylic acids is 1. The van der Waals surface area contributed by atoms with Crippen molar-refractivity contribution < 1.29 is 23.8 Å². The maximum Gasteiger partial charge on any atom is 0.335 e. The fourth-order valence-corrected chi connectivity index (χ4v) is 4.89. The van der Waals surface area contributed by atoms with Crippen LogP contribution < -0.4 is 9.64 Å². The van der Waals surface area contributed by atoms with Gasteiger partial charge in [-0.05, 0) is 86.8 Å². The highest BCUT2D eigenvalue weighted by atomic mass is 19.1. The number of aromatic nitrogens is 1. The summed E-state index contributed by atoms with van der Waals surface area (Å²) in [6.45, 7) is 4.79.